The molecule has 8 nitrogen and oxygen atoms in total. The number of fused-ring (bicyclic) bond motifs is 2. The number of esters is 2. The highest BCUT2D eigenvalue weighted by Crippen LogP contribution is 2.34. The molecule has 0 spiro atoms. The third-order valence-electron chi connectivity index (χ3n) is 5.74. The van der Waals surface area contributed by atoms with Gasteiger partial charge in [0.1, 0.15) is 15.3 Å². The molecule has 0 unspecified atom stereocenters. The number of aromatic nitrogens is 2. The number of methoxy groups -OCH3 is 2. The molecule has 4 aromatic rings. The van der Waals surface area contributed by atoms with E-state index in [1.54, 1.807) is 15.9 Å². The van der Waals surface area contributed by atoms with E-state index in [1.165, 1.54) is 30.4 Å². The van der Waals surface area contributed by atoms with Gasteiger partial charge in [-0.2, -0.15) is 0 Å². The minimum Gasteiger partial charge on any atom is -0.469 e. The fourth-order valence-electron chi connectivity index (χ4n) is 4.06. The topological polar surface area (TPSA) is 99.6 Å². The number of rotatable bonds is 4. The molecule has 200 valence electrons. The second-order valence-corrected chi connectivity index (χ2v) is 12.3. The fourth-order valence-corrected chi connectivity index (χ4v) is 6.13. The molecule has 0 atom stereocenters. The van der Waals surface area contributed by atoms with Gasteiger partial charge in [0.05, 0.1) is 27.1 Å². The van der Waals surface area contributed by atoms with E-state index in [0.717, 1.165) is 47.8 Å². The van der Waals surface area contributed by atoms with Crippen LogP contribution in [0.3, 0.4) is 0 Å². The molecule has 0 aliphatic rings. The molecule has 37 heavy (non-hydrogen) atoms. The van der Waals surface area contributed by atoms with Crippen LogP contribution in [0.2, 0.25) is 0 Å². The van der Waals surface area contributed by atoms with Crippen LogP contribution in [0.1, 0.15) is 53.0 Å². The molecule has 0 amide bonds. The molecule has 0 radical (unpaired) electrons. The monoisotopic (exact) mass is 546 g/mol. The van der Waals surface area contributed by atoms with Gasteiger partial charge < -0.3 is 19.2 Å². The first-order valence-electron chi connectivity index (χ1n) is 11.8. The van der Waals surface area contributed by atoms with Crippen LogP contribution >= 0.6 is 22.7 Å². The van der Waals surface area contributed by atoms with E-state index >= 15 is 0 Å². The maximum Gasteiger partial charge on any atom is 0.419 e. The van der Waals surface area contributed by atoms with E-state index in [-0.39, 0.29) is 18.4 Å². The van der Waals surface area contributed by atoms with Gasteiger partial charge in [0.15, 0.2) is 0 Å². The van der Waals surface area contributed by atoms with E-state index in [4.69, 9.17) is 9.47 Å². The molecule has 1 N–H and O–H groups in total. The van der Waals surface area contributed by atoms with Gasteiger partial charge in [-0.1, -0.05) is 0 Å². The van der Waals surface area contributed by atoms with Crippen LogP contribution in [0.5, 0.6) is 0 Å². The number of carbonyl (C=O) groups is 3. The molecule has 0 aromatic carbocycles. The molecule has 4 aromatic heterocycles. The maximum absolute atomic E-state index is 12.5. The lowest BCUT2D eigenvalue weighted by Gasteiger charge is -2.20. The van der Waals surface area contributed by atoms with Crippen LogP contribution < -0.4 is 0 Å². The number of H-pyrrole nitrogens is 1. The standard InChI is InChI=1S/C16H21NO4S.C11H13NO2S/c1-9-7-12-11(8-13(18)20-6)10(2)17(14(12)22-9)15(19)21-16(3,4)5;1-6-4-9-8(5-10(13)14-3)7(2)12-11(9)15-6/h7H,8H2,1-6H3;4,12H,5H2,1-3H3. The summed E-state index contributed by atoms with van der Waals surface area (Å²) in [7, 11) is 2.78. The lowest BCUT2D eigenvalue weighted by molar-refractivity contribution is -0.140. The zero-order chi connectivity index (χ0) is 27.7. The zero-order valence-corrected chi connectivity index (χ0v) is 24.4. The summed E-state index contributed by atoms with van der Waals surface area (Å²) in [6, 6.07) is 4.11. The molecular formula is C27H34N2O6S2. The number of nitrogens with one attached hydrogen (secondary N) is 1. The van der Waals surface area contributed by atoms with Crippen LogP contribution in [0.25, 0.3) is 20.4 Å². The number of nitrogens with zero attached hydrogens (tertiary/aromatic N) is 1. The van der Waals surface area contributed by atoms with E-state index in [0.29, 0.717) is 6.42 Å². The van der Waals surface area contributed by atoms with Gasteiger partial charge in [0, 0.05) is 31.9 Å². The molecular weight excluding hydrogens is 512 g/mol. The highest BCUT2D eigenvalue weighted by atomic mass is 32.1. The third-order valence-corrected chi connectivity index (χ3v) is 7.75. The lowest BCUT2D eigenvalue weighted by atomic mass is 10.1. The Morgan fingerprint density at radius 1 is 0.865 bits per heavy atom. The van der Waals surface area contributed by atoms with Crippen molar-refractivity contribution in [2.75, 3.05) is 14.2 Å². The Morgan fingerprint density at radius 3 is 1.97 bits per heavy atom. The number of aromatic amines is 1. The van der Waals surface area contributed by atoms with Gasteiger partial charge >= 0.3 is 18.0 Å². The van der Waals surface area contributed by atoms with E-state index < -0.39 is 11.7 Å². The summed E-state index contributed by atoms with van der Waals surface area (Å²) in [6.45, 7) is 13.3. The lowest BCUT2D eigenvalue weighted by Crippen LogP contribution is -2.27. The Balaban J connectivity index is 0.000000220. The van der Waals surface area contributed by atoms with Crippen LogP contribution in [-0.2, 0) is 36.6 Å². The molecule has 4 rings (SSSR count). The van der Waals surface area contributed by atoms with Crippen LogP contribution in [0, 0.1) is 27.7 Å². The molecule has 0 aliphatic heterocycles. The van der Waals surface area contributed by atoms with E-state index in [9.17, 15) is 14.4 Å². The molecule has 10 heteroatoms. The predicted octanol–water partition coefficient (Wildman–Crippen LogP) is 6.38. The first-order valence-corrected chi connectivity index (χ1v) is 13.4. The predicted molar refractivity (Wildman–Crippen MR) is 148 cm³/mol. The van der Waals surface area contributed by atoms with Crippen molar-refractivity contribution in [1.82, 2.24) is 9.55 Å². The number of thiophene rings is 2. The highest BCUT2D eigenvalue weighted by Gasteiger charge is 2.26. The van der Waals surface area contributed by atoms with Gasteiger partial charge in [-0.15, -0.1) is 22.7 Å². The highest BCUT2D eigenvalue weighted by molar-refractivity contribution is 7.19. The fraction of sp³-hybridized carbons (Fsp3) is 0.444. The Kier molecular flexibility index (Phi) is 8.54. The molecule has 0 aliphatic carbocycles. The Hall–Kier alpha value is -3.11. The van der Waals surface area contributed by atoms with Gasteiger partial charge in [0.2, 0.25) is 0 Å². The van der Waals surface area contributed by atoms with Gasteiger partial charge in [0.25, 0.3) is 0 Å². The number of carbonyl (C=O) groups excluding carboxylic acids is 3. The Bertz CT molecular complexity index is 1460. The summed E-state index contributed by atoms with van der Waals surface area (Å²) in [5.74, 6) is -0.516. The smallest absolute Gasteiger partial charge is 0.419 e. The summed E-state index contributed by atoms with van der Waals surface area (Å²) in [5.41, 5.74) is 3.08. The Labute approximate surface area is 224 Å². The second kappa shape index (κ2) is 11.1. The average Bonchev–Trinajstić information content (AvgIpc) is 3.48. The van der Waals surface area contributed by atoms with Crippen molar-refractivity contribution < 1.29 is 28.6 Å². The number of hydrogen-bond acceptors (Lipinski definition) is 8. The maximum atomic E-state index is 12.5. The minimum absolute atomic E-state index is 0.144. The van der Waals surface area contributed by atoms with Crippen molar-refractivity contribution in [3.63, 3.8) is 0 Å². The van der Waals surface area contributed by atoms with Crippen molar-refractivity contribution in [3.05, 3.63) is 44.4 Å². The largest absolute Gasteiger partial charge is 0.469 e. The summed E-state index contributed by atoms with van der Waals surface area (Å²) in [6.07, 6.45) is 0.0662. The number of aryl methyl sites for hydroxylation is 3. The van der Waals surface area contributed by atoms with Crippen molar-refractivity contribution in [2.24, 2.45) is 0 Å². The third kappa shape index (κ3) is 6.42. The van der Waals surface area contributed by atoms with Crippen molar-refractivity contribution >= 4 is 61.1 Å². The van der Waals surface area contributed by atoms with Gasteiger partial charge in [-0.3, -0.25) is 9.59 Å². The molecule has 0 saturated carbocycles. The summed E-state index contributed by atoms with van der Waals surface area (Å²) in [4.78, 5) is 43.0. The van der Waals surface area contributed by atoms with E-state index in [1.807, 2.05) is 47.6 Å². The number of hydrogen-bond donors (Lipinski definition) is 1. The second-order valence-electron chi connectivity index (χ2n) is 9.79. The summed E-state index contributed by atoms with van der Waals surface area (Å²) in [5, 5.41) is 2.07. The SMILES string of the molecule is COC(=O)Cc1c(C)[nH]c2sc(C)cc12.COC(=O)Cc1c(C)n(C(=O)OC(C)(C)C)c2sc(C)cc12. The molecule has 4 heterocycles. The first kappa shape index (κ1) is 28.5. The summed E-state index contributed by atoms with van der Waals surface area (Å²) >= 11 is 3.23. The van der Waals surface area contributed by atoms with Gasteiger partial charge in [-0.25, -0.2) is 9.36 Å². The average molecular weight is 547 g/mol. The normalized spacial score (nSPS) is 11.4. The van der Waals surface area contributed by atoms with Crippen LogP contribution in [0.4, 0.5) is 4.79 Å². The quantitative estimate of drug-likeness (QED) is 0.236. The van der Waals surface area contributed by atoms with Crippen molar-refractivity contribution in [1.29, 1.82) is 0 Å². The summed E-state index contributed by atoms with van der Waals surface area (Å²) < 4.78 is 16.5. The first-order chi connectivity index (χ1) is 17.2. The minimum atomic E-state index is -0.574. The van der Waals surface area contributed by atoms with Crippen LogP contribution in [-0.4, -0.2) is 47.4 Å². The zero-order valence-electron chi connectivity index (χ0n) is 22.8. The molecule has 0 bridgehead atoms. The van der Waals surface area contributed by atoms with Crippen LogP contribution in [0.15, 0.2) is 12.1 Å². The Morgan fingerprint density at radius 2 is 1.41 bits per heavy atom. The van der Waals surface area contributed by atoms with Gasteiger partial charge in [-0.05, 0) is 71.7 Å². The molecule has 0 saturated heterocycles. The van der Waals surface area contributed by atoms with Crippen molar-refractivity contribution in [2.45, 2.75) is 66.9 Å². The van der Waals surface area contributed by atoms with E-state index in [2.05, 4.69) is 22.7 Å². The molecule has 0 fully saturated rings. The number of ether oxygens (including phenoxy) is 3. The van der Waals surface area contributed by atoms with Crippen molar-refractivity contribution in [3.8, 4) is 0 Å².